The zero-order valence-corrected chi connectivity index (χ0v) is 13.6. The molecule has 0 bridgehead atoms. The Morgan fingerprint density at radius 1 is 1.04 bits per heavy atom. The second-order valence-electron chi connectivity index (χ2n) is 5.20. The first-order valence-corrected chi connectivity index (χ1v) is 7.34. The highest BCUT2D eigenvalue weighted by atomic mass is 16.6. The Bertz CT molecular complexity index is 844. The number of hydrazone groups is 1. The van der Waals surface area contributed by atoms with Crippen LogP contribution >= 0.6 is 0 Å². The van der Waals surface area contributed by atoms with E-state index in [2.05, 4.69) is 15.8 Å². The predicted molar refractivity (Wildman–Crippen MR) is 93.5 cm³/mol. The summed E-state index contributed by atoms with van der Waals surface area (Å²) in [7, 11) is 0. The van der Waals surface area contributed by atoms with Gasteiger partial charge in [-0.25, -0.2) is 5.43 Å². The Labute approximate surface area is 143 Å². The maximum absolute atomic E-state index is 12.0. The molecule has 2 amide bonds. The fourth-order valence-electron chi connectivity index (χ4n) is 2.02. The van der Waals surface area contributed by atoms with Gasteiger partial charge in [-0.3, -0.25) is 19.7 Å². The highest BCUT2D eigenvalue weighted by Crippen LogP contribution is 2.13. The van der Waals surface area contributed by atoms with Crippen LogP contribution in [0.15, 0.2) is 53.6 Å². The monoisotopic (exact) mass is 340 g/mol. The second-order valence-corrected chi connectivity index (χ2v) is 5.20. The summed E-state index contributed by atoms with van der Waals surface area (Å²) in [6.07, 6.45) is 0. The van der Waals surface area contributed by atoms with Crippen LogP contribution in [0.2, 0.25) is 0 Å². The Morgan fingerprint density at radius 2 is 1.72 bits per heavy atom. The van der Waals surface area contributed by atoms with Crippen molar-refractivity contribution < 1.29 is 14.5 Å². The van der Waals surface area contributed by atoms with Gasteiger partial charge in [-0.2, -0.15) is 5.10 Å². The van der Waals surface area contributed by atoms with Crippen molar-refractivity contribution in [3.05, 3.63) is 69.8 Å². The zero-order valence-electron chi connectivity index (χ0n) is 13.6. The molecule has 8 heteroatoms. The van der Waals surface area contributed by atoms with Gasteiger partial charge in [0.2, 0.25) is 5.91 Å². The molecular weight excluding hydrogens is 324 g/mol. The van der Waals surface area contributed by atoms with Crippen molar-refractivity contribution in [2.24, 2.45) is 5.10 Å². The van der Waals surface area contributed by atoms with Crippen LogP contribution in [0.4, 0.5) is 11.4 Å². The number of nitro benzene ring substituents is 1. The van der Waals surface area contributed by atoms with Gasteiger partial charge in [0, 0.05) is 30.3 Å². The van der Waals surface area contributed by atoms with E-state index in [1.807, 2.05) is 0 Å². The first kappa shape index (κ1) is 17.8. The molecule has 0 unspecified atom stereocenters. The Balaban J connectivity index is 2.08. The van der Waals surface area contributed by atoms with E-state index < -0.39 is 10.8 Å². The molecule has 0 saturated carbocycles. The van der Waals surface area contributed by atoms with Gasteiger partial charge in [0.05, 0.1) is 10.6 Å². The van der Waals surface area contributed by atoms with E-state index in [9.17, 15) is 19.7 Å². The van der Waals surface area contributed by atoms with Gasteiger partial charge >= 0.3 is 0 Å². The molecular formula is C17H16N4O4. The molecule has 0 saturated heterocycles. The standard InChI is InChI=1S/C17H16N4O4/c1-11(14-4-3-5-15(10-14)18-12(2)22)19-20-17(23)13-6-8-16(9-7-13)21(24)25/h3-10H,1-2H3,(H,18,22)(H,20,23)/b19-11-. The van der Waals surface area contributed by atoms with Crippen LogP contribution in [-0.4, -0.2) is 22.4 Å². The van der Waals surface area contributed by atoms with Crippen molar-refractivity contribution in [2.75, 3.05) is 5.32 Å². The van der Waals surface area contributed by atoms with Crippen LogP contribution < -0.4 is 10.7 Å². The van der Waals surface area contributed by atoms with Crippen LogP contribution in [0.1, 0.15) is 29.8 Å². The van der Waals surface area contributed by atoms with E-state index >= 15 is 0 Å². The number of non-ortho nitro benzene ring substituents is 1. The SMILES string of the molecule is CC(=O)Nc1cccc(/C(C)=N\NC(=O)c2ccc([N+](=O)[O-])cc2)c1. The topological polar surface area (TPSA) is 114 Å². The average molecular weight is 340 g/mol. The van der Waals surface area contributed by atoms with Gasteiger partial charge in [-0.15, -0.1) is 0 Å². The van der Waals surface area contributed by atoms with Crippen molar-refractivity contribution in [2.45, 2.75) is 13.8 Å². The summed E-state index contributed by atoms with van der Waals surface area (Å²) in [5.41, 5.74) is 4.47. The van der Waals surface area contributed by atoms with Crippen molar-refractivity contribution in [1.29, 1.82) is 0 Å². The number of nitrogens with zero attached hydrogens (tertiary/aromatic N) is 2. The molecule has 128 valence electrons. The van der Waals surface area contributed by atoms with Gasteiger partial charge in [0.15, 0.2) is 0 Å². The highest BCUT2D eigenvalue weighted by molar-refractivity contribution is 6.02. The molecule has 0 aromatic heterocycles. The maximum Gasteiger partial charge on any atom is 0.271 e. The second kappa shape index (κ2) is 7.82. The van der Waals surface area contributed by atoms with Crippen LogP contribution in [0.3, 0.4) is 0 Å². The van der Waals surface area contributed by atoms with E-state index in [1.54, 1.807) is 31.2 Å². The number of rotatable bonds is 5. The maximum atomic E-state index is 12.0. The van der Waals surface area contributed by atoms with Crippen molar-refractivity contribution in [1.82, 2.24) is 5.43 Å². The number of hydrogen-bond donors (Lipinski definition) is 2. The summed E-state index contributed by atoms with van der Waals surface area (Å²) < 4.78 is 0. The third-order valence-electron chi connectivity index (χ3n) is 3.27. The third-order valence-corrected chi connectivity index (χ3v) is 3.27. The Morgan fingerprint density at radius 3 is 2.32 bits per heavy atom. The van der Waals surface area contributed by atoms with E-state index in [-0.39, 0.29) is 17.2 Å². The molecule has 0 heterocycles. The lowest BCUT2D eigenvalue weighted by Crippen LogP contribution is -2.19. The number of amides is 2. The Hall–Kier alpha value is -3.55. The molecule has 0 aliphatic carbocycles. The first-order chi connectivity index (χ1) is 11.9. The zero-order chi connectivity index (χ0) is 18.4. The van der Waals surface area contributed by atoms with E-state index in [4.69, 9.17) is 0 Å². The lowest BCUT2D eigenvalue weighted by atomic mass is 10.1. The predicted octanol–water partition coefficient (Wildman–Crippen LogP) is 2.71. The highest BCUT2D eigenvalue weighted by Gasteiger charge is 2.09. The molecule has 8 nitrogen and oxygen atoms in total. The van der Waals surface area contributed by atoms with E-state index in [1.165, 1.54) is 31.2 Å². The van der Waals surface area contributed by atoms with E-state index in [0.717, 1.165) is 5.56 Å². The number of carbonyl (C=O) groups excluding carboxylic acids is 2. The average Bonchev–Trinajstić information content (AvgIpc) is 2.59. The van der Waals surface area contributed by atoms with Crippen LogP contribution in [0, 0.1) is 10.1 Å². The molecule has 2 aromatic carbocycles. The molecule has 2 N–H and O–H groups in total. The Kier molecular flexibility index (Phi) is 5.57. The first-order valence-electron chi connectivity index (χ1n) is 7.34. The molecule has 0 radical (unpaired) electrons. The van der Waals surface area contributed by atoms with Crippen molar-refractivity contribution in [3.63, 3.8) is 0 Å². The van der Waals surface area contributed by atoms with Crippen LogP contribution in [0.25, 0.3) is 0 Å². The lowest BCUT2D eigenvalue weighted by Gasteiger charge is -2.06. The fourth-order valence-corrected chi connectivity index (χ4v) is 2.02. The normalized spacial score (nSPS) is 10.9. The number of nitro groups is 1. The minimum atomic E-state index is -0.536. The van der Waals surface area contributed by atoms with Crippen LogP contribution in [-0.2, 0) is 4.79 Å². The summed E-state index contributed by atoms with van der Waals surface area (Å²) in [4.78, 5) is 33.2. The van der Waals surface area contributed by atoms with Gasteiger partial charge in [-0.1, -0.05) is 12.1 Å². The third kappa shape index (κ3) is 4.96. The van der Waals surface area contributed by atoms with Crippen molar-refractivity contribution in [3.8, 4) is 0 Å². The molecule has 0 aliphatic rings. The molecule has 0 fully saturated rings. The number of nitrogens with one attached hydrogen (secondary N) is 2. The summed E-state index contributed by atoms with van der Waals surface area (Å²) in [6.45, 7) is 3.13. The van der Waals surface area contributed by atoms with Crippen LogP contribution in [0.5, 0.6) is 0 Å². The lowest BCUT2D eigenvalue weighted by molar-refractivity contribution is -0.384. The van der Waals surface area contributed by atoms with Gasteiger partial charge in [0.1, 0.15) is 0 Å². The quantitative estimate of drug-likeness (QED) is 0.495. The van der Waals surface area contributed by atoms with Gasteiger partial charge in [-0.05, 0) is 36.8 Å². The minimum Gasteiger partial charge on any atom is -0.326 e. The van der Waals surface area contributed by atoms with Gasteiger partial charge in [0.25, 0.3) is 11.6 Å². The summed E-state index contributed by atoms with van der Waals surface area (Å²) in [5, 5.41) is 17.3. The number of hydrogen-bond acceptors (Lipinski definition) is 5. The van der Waals surface area contributed by atoms with Crippen molar-refractivity contribution >= 4 is 28.9 Å². The fraction of sp³-hybridized carbons (Fsp3) is 0.118. The number of anilines is 1. The van der Waals surface area contributed by atoms with Gasteiger partial charge < -0.3 is 5.32 Å². The molecule has 2 aromatic rings. The molecule has 0 spiro atoms. The molecule has 2 rings (SSSR count). The molecule has 25 heavy (non-hydrogen) atoms. The summed E-state index contributed by atoms with van der Waals surface area (Å²) >= 11 is 0. The minimum absolute atomic E-state index is 0.0916. The van der Waals surface area contributed by atoms with E-state index in [0.29, 0.717) is 11.4 Å². The molecule has 0 atom stereocenters. The summed E-state index contributed by atoms with van der Waals surface area (Å²) in [6, 6.07) is 12.3. The largest absolute Gasteiger partial charge is 0.326 e. The smallest absolute Gasteiger partial charge is 0.271 e. The summed E-state index contributed by atoms with van der Waals surface area (Å²) in [5.74, 6) is -0.662. The number of carbonyl (C=O) groups is 2. The number of benzene rings is 2. The molecule has 0 aliphatic heterocycles.